The van der Waals surface area contributed by atoms with E-state index < -0.39 is 5.97 Å². The van der Waals surface area contributed by atoms with Crippen molar-refractivity contribution < 1.29 is 14.7 Å². The van der Waals surface area contributed by atoms with Gasteiger partial charge in [-0.2, -0.15) is 0 Å². The van der Waals surface area contributed by atoms with E-state index in [2.05, 4.69) is 6.07 Å². The molecule has 1 N–H and O–H groups in total. The smallest absolute Gasteiger partial charge is 0.336 e. The molecule has 0 aliphatic rings. The SMILES string of the molecule is Cc1ccc(C(=O)O)c(C(=O)c2cccc3cc4ccccc4cc23)c1. The lowest BCUT2D eigenvalue weighted by atomic mass is 9.92. The number of carbonyl (C=O) groups excluding carboxylic acids is 1. The van der Waals surface area contributed by atoms with Crippen molar-refractivity contribution in [3.05, 3.63) is 95.1 Å². The van der Waals surface area contributed by atoms with Gasteiger partial charge in [0.05, 0.1) is 5.56 Å². The van der Waals surface area contributed by atoms with Crippen LogP contribution in [-0.2, 0) is 0 Å². The fraction of sp³-hybridized carbons (Fsp3) is 0.0435. The summed E-state index contributed by atoms with van der Waals surface area (Å²) in [5, 5.41) is 13.4. The van der Waals surface area contributed by atoms with Gasteiger partial charge in [0.15, 0.2) is 5.78 Å². The topological polar surface area (TPSA) is 54.4 Å². The zero-order valence-corrected chi connectivity index (χ0v) is 14.2. The molecule has 3 heteroatoms. The minimum atomic E-state index is -1.10. The lowest BCUT2D eigenvalue weighted by Gasteiger charge is -2.10. The van der Waals surface area contributed by atoms with Crippen LogP contribution >= 0.6 is 0 Å². The Morgan fingerprint density at radius 3 is 2.12 bits per heavy atom. The van der Waals surface area contributed by atoms with Crippen LogP contribution in [0.4, 0.5) is 0 Å². The molecular weight excluding hydrogens is 324 g/mol. The summed E-state index contributed by atoms with van der Waals surface area (Å²) in [4.78, 5) is 24.8. The summed E-state index contributed by atoms with van der Waals surface area (Å²) in [6.07, 6.45) is 0. The maximum absolute atomic E-state index is 13.2. The van der Waals surface area contributed by atoms with Crippen molar-refractivity contribution in [3.8, 4) is 0 Å². The molecule has 0 radical (unpaired) electrons. The molecule has 26 heavy (non-hydrogen) atoms. The summed E-state index contributed by atoms with van der Waals surface area (Å²) >= 11 is 0. The number of carboxylic acids is 1. The summed E-state index contributed by atoms with van der Waals surface area (Å²) in [7, 11) is 0. The normalized spacial score (nSPS) is 11.0. The molecular formula is C23H16O3. The van der Waals surface area contributed by atoms with E-state index in [1.54, 1.807) is 18.2 Å². The van der Waals surface area contributed by atoms with Crippen LogP contribution in [0, 0.1) is 6.92 Å². The molecule has 0 aliphatic heterocycles. The molecule has 4 aromatic rings. The first-order chi connectivity index (χ1) is 12.5. The van der Waals surface area contributed by atoms with E-state index in [-0.39, 0.29) is 16.9 Å². The maximum Gasteiger partial charge on any atom is 0.336 e. The number of carboxylic acid groups (broad SMARTS) is 1. The monoisotopic (exact) mass is 340 g/mol. The maximum atomic E-state index is 13.2. The Labute approximate surface area is 150 Å². The van der Waals surface area contributed by atoms with Gasteiger partial charge in [0.2, 0.25) is 0 Å². The van der Waals surface area contributed by atoms with Crippen LogP contribution in [0.2, 0.25) is 0 Å². The van der Waals surface area contributed by atoms with Crippen LogP contribution in [0.3, 0.4) is 0 Å². The number of carbonyl (C=O) groups is 2. The Morgan fingerprint density at radius 1 is 0.692 bits per heavy atom. The van der Waals surface area contributed by atoms with E-state index in [1.807, 2.05) is 49.4 Å². The average Bonchev–Trinajstić information content (AvgIpc) is 2.65. The van der Waals surface area contributed by atoms with E-state index in [0.717, 1.165) is 27.1 Å². The molecule has 0 unspecified atom stereocenters. The zero-order chi connectivity index (χ0) is 18.3. The zero-order valence-electron chi connectivity index (χ0n) is 14.2. The lowest BCUT2D eigenvalue weighted by Crippen LogP contribution is -2.10. The fourth-order valence-corrected chi connectivity index (χ4v) is 3.34. The van der Waals surface area contributed by atoms with E-state index in [9.17, 15) is 14.7 Å². The first kappa shape index (κ1) is 16.0. The van der Waals surface area contributed by atoms with Gasteiger partial charge in [-0.05, 0) is 52.7 Å². The number of rotatable bonds is 3. The van der Waals surface area contributed by atoms with Gasteiger partial charge in [-0.15, -0.1) is 0 Å². The van der Waals surface area contributed by atoms with Crippen molar-refractivity contribution in [2.75, 3.05) is 0 Å². The van der Waals surface area contributed by atoms with Gasteiger partial charge in [0.1, 0.15) is 0 Å². The molecule has 0 fully saturated rings. The van der Waals surface area contributed by atoms with Crippen molar-refractivity contribution in [1.29, 1.82) is 0 Å². The van der Waals surface area contributed by atoms with E-state index in [1.165, 1.54) is 6.07 Å². The molecule has 0 bridgehead atoms. The minimum absolute atomic E-state index is 0.0263. The third-order valence-corrected chi connectivity index (χ3v) is 4.64. The van der Waals surface area contributed by atoms with Gasteiger partial charge in [0.25, 0.3) is 0 Å². The van der Waals surface area contributed by atoms with E-state index in [4.69, 9.17) is 0 Å². The molecule has 0 saturated carbocycles. The van der Waals surface area contributed by atoms with Crippen LogP contribution < -0.4 is 0 Å². The highest BCUT2D eigenvalue weighted by molar-refractivity contribution is 6.20. The predicted octanol–water partition coefficient (Wildman–Crippen LogP) is 5.23. The Bertz CT molecular complexity index is 1190. The number of aromatic carboxylic acids is 1. The highest BCUT2D eigenvalue weighted by Crippen LogP contribution is 2.28. The number of hydrogen-bond donors (Lipinski definition) is 1. The summed E-state index contributed by atoms with van der Waals surface area (Å²) < 4.78 is 0. The van der Waals surface area contributed by atoms with Gasteiger partial charge < -0.3 is 5.11 Å². The largest absolute Gasteiger partial charge is 0.478 e. The molecule has 4 rings (SSSR count). The van der Waals surface area contributed by atoms with Crippen LogP contribution in [0.15, 0.2) is 72.8 Å². The second kappa shape index (κ2) is 6.12. The number of hydrogen-bond acceptors (Lipinski definition) is 2. The first-order valence-corrected chi connectivity index (χ1v) is 8.35. The molecule has 0 amide bonds. The number of fused-ring (bicyclic) bond motifs is 2. The number of benzene rings is 4. The molecule has 3 nitrogen and oxygen atoms in total. The van der Waals surface area contributed by atoms with Crippen molar-refractivity contribution in [2.24, 2.45) is 0 Å². The fourth-order valence-electron chi connectivity index (χ4n) is 3.34. The third-order valence-electron chi connectivity index (χ3n) is 4.64. The van der Waals surface area contributed by atoms with E-state index >= 15 is 0 Å². The highest BCUT2D eigenvalue weighted by Gasteiger charge is 2.20. The summed E-state index contributed by atoms with van der Waals surface area (Å²) in [5.41, 5.74) is 1.61. The third kappa shape index (κ3) is 2.64. The lowest BCUT2D eigenvalue weighted by molar-refractivity contribution is 0.0693. The van der Waals surface area contributed by atoms with Gasteiger partial charge in [-0.1, -0.05) is 54.1 Å². The summed E-state index contributed by atoms with van der Waals surface area (Å²) in [6.45, 7) is 1.85. The van der Waals surface area contributed by atoms with Crippen LogP contribution in [0.5, 0.6) is 0 Å². The highest BCUT2D eigenvalue weighted by atomic mass is 16.4. The molecule has 0 atom stereocenters. The second-order valence-corrected chi connectivity index (χ2v) is 6.41. The van der Waals surface area contributed by atoms with Crippen LogP contribution in [0.25, 0.3) is 21.5 Å². The molecule has 0 spiro atoms. The molecule has 0 aromatic heterocycles. The van der Waals surface area contributed by atoms with Gasteiger partial charge in [-0.3, -0.25) is 4.79 Å². The Hall–Kier alpha value is -3.46. The molecule has 4 aromatic carbocycles. The number of ketones is 1. The van der Waals surface area contributed by atoms with Crippen LogP contribution in [-0.4, -0.2) is 16.9 Å². The Kier molecular flexibility index (Phi) is 3.77. The summed E-state index contributed by atoms with van der Waals surface area (Å²) in [5.74, 6) is -1.37. The second-order valence-electron chi connectivity index (χ2n) is 6.41. The summed E-state index contributed by atoms with van der Waals surface area (Å²) in [6, 6.07) is 22.4. The minimum Gasteiger partial charge on any atom is -0.478 e. The van der Waals surface area contributed by atoms with Crippen LogP contribution in [0.1, 0.15) is 31.8 Å². The average molecular weight is 340 g/mol. The van der Waals surface area contributed by atoms with Crippen molar-refractivity contribution in [3.63, 3.8) is 0 Å². The van der Waals surface area contributed by atoms with E-state index in [0.29, 0.717) is 5.56 Å². The number of aryl methyl sites for hydroxylation is 1. The molecule has 126 valence electrons. The van der Waals surface area contributed by atoms with Gasteiger partial charge in [-0.25, -0.2) is 4.79 Å². The first-order valence-electron chi connectivity index (χ1n) is 8.35. The van der Waals surface area contributed by atoms with Gasteiger partial charge >= 0.3 is 5.97 Å². The Balaban J connectivity index is 1.97. The van der Waals surface area contributed by atoms with Gasteiger partial charge in [0, 0.05) is 11.1 Å². The van der Waals surface area contributed by atoms with Crippen molar-refractivity contribution in [1.82, 2.24) is 0 Å². The molecule has 0 aliphatic carbocycles. The quantitative estimate of drug-likeness (QED) is 0.410. The molecule has 0 heterocycles. The van der Waals surface area contributed by atoms with Crippen molar-refractivity contribution in [2.45, 2.75) is 6.92 Å². The standard InChI is InChI=1S/C23H16O3/c1-14-9-10-19(23(25)26)21(11-14)22(24)18-8-4-7-17-12-15-5-2-3-6-16(15)13-20(17)18/h2-13H,1H3,(H,25,26). The van der Waals surface area contributed by atoms with Crippen molar-refractivity contribution >= 4 is 33.3 Å². The molecule has 0 saturated heterocycles. The Morgan fingerprint density at radius 2 is 1.38 bits per heavy atom. The predicted molar refractivity (Wildman–Crippen MR) is 103 cm³/mol.